The van der Waals surface area contributed by atoms with Gasteiger partial charge in [-0.3, -0.25) is 9.97 Å². The lowest BCUT2D eigenvalue weighted by Gasteiger charge is -2.04. The van der Waals surface area contributed by atoms with Crippen molar-refractivity contribution in [2.45, 2.75) is 0 Å². The maximum absolute atomic E-state index is 12.3. The van der Waals surface area contributed by atoms with E-state index >= 15 is 0 Å². The molecule has 5 rings (SSSR count). The standard InChI is InChI=1S/C26H16N4O5/c31-25(33-21-9-13-27-14-10-21)19-5-1-17(2-6-19)23-29-24(35-30-23)18-3-7-20(8-4-18)26(32)34-22-11-15-28-16-12-22/h1-16H. The summed E-state index contributed by atoms with van der Waals surface area (Å²) in [6.07, 6.45) is 6.17. The van der Waals surface area contributed by atoms with Gasteiger partial charge in [-0.15, -0.1) is 0 Å². The first-order valence-electron chi connectivity index (χ1n) is 10.4. The van der Waals surface area contributed by atoms with Crippen molar-refractivity contribution in [3.8, 4) is 34.3 Å². The molecule has 0 spiro atoms. The molecule has 2 aromatic carbocycles. The molecule has 35 heavy (non-hydrogen) atoms. The number of ether oxygens (including phenoxy) is 2. The van der Waals surface area contributed by atoms with Gasteiger partial charge in [-0.1, -0.05) is 17.3 Å². The van der Waals surface area contributed by atoms with Crippen LogP contribution in [0.4, 0.5) is 0 Å². The van der Waals surface area contributed by atoms with E-state index in [4.69, 9.17) is 14.0 Å². The number of hydrogen-bond acceptors (Lipinski definition) is 9. The lowest BCUT2D eigenvalue weighted by molar-refractivity contribution is 0.0725. The van der Waals surface area contributed by atoms with Crippen LogP contribution in [0.1, 0.15) is 20.7 Å². The van der Waals surface area contributed by atoms with Crippen LogP contribution in [-0.4, -0.2) is 32.0 Å². The largest absolute Gasteiger partial charge is 0.423 e. The monoisotopic (exact) mass is 464 g/mol. The Balaban J connectivity index is 1.25. The Morgan fingerprint density at radius 3 is 1.54 bits per heavy atom. The second kappa shape index (κ2) is 9.75. The Bertz CT molecular complexity index is 1340. The summed E-state index contributed by atoms with van der Waals surface area (Å²) >= 11 is 0. The van der Waals surface area contributed by atoms with Crippen LogP contribution < -0.4 is 9.47 Å². The average Bonchev–Trinajstić information content (AvgIpc) is 3.40. The van der Waals surface area contributed by atoms with Gasteiger partial charge in [-0.25, -0.2) is 9.59 Å². The third-order valence-corrected chi connectivity index (χ3v) is 4.89. The summed E-state index contributed by atoms with van der Waals surface area (Å²) in [5.41, 5.74) is 2.06. The summed E-state index contributed by atoms with van der Waals surface area (Å²) in [7, 11) is 0. The van der Waals surface area contributed by atoms with Crippen LogP contribution in [-0.2, 0) is 0 Å². The molecule has 0 unspecified atom stereocenters. The van der Waals surface area contributed by atoms with Gasteiger partial charge in [0.15, 0.2) is 0 Å². The van der Waals surface area contributed by atoms with Crippen molar-refractivity contribution in [3.63, 3.8) is 0 Å². The lowest BCUT2D eigenvalue weighted by atomic mass is 10.1. The molecule has 5 aromatic rings. The third-order valence-electron chi connectivity index (χ3n) is 4.89. The highest BCUT2D eigenvalue weighted by molar-refractivity contribution is 5.92. The Kier molecular flexibility index (Phi) is 6.03. The molecule has 0 aliphatic rings. The van der Waals surface area contributed by atoms with Crippen LogP contribution in [0.15, 0.2) is 102 Å². The van der Waals surface area contributed by atoms with E-state index in [-0.39, 0.29) is 5.89 Å². The molecule has 0 radical (unpaired) electrons. The number of carbonyl (C=O) groups is 2. The van der Waals surface area contributed by atoms with Gasteiger partial charge >= 0.3 is 11.9 Å². The molecule has 3 heterocycles. The molecular formula is C26H16N4O5. The van der Waals surface area contributed by atoms with Gasteiger partial charge < -0.3 is 14.0 Å². The first-order valence-corrected chi connectivity index (χ1v) is 10.4. The predicted molar refractivity (Wildman–Crippen MR) is 124 cm³/mol. The smallest absolute Gasteiger partial charge is 0.343 e. The van der Waals surface area contributed by atoms with Gasteiger partial charge in [0.05, 0.1) is 11.1 Å². The van der Waals surface area contributed by atoms with Crippen LogP contribution in [0, 0.1) is 0 Å². The highest BCUT2D eigenvalue weighted by Crippen LogP contribution is 2.24. The number of pyridine rings is 2. The van der Waals surface area contributed by atoms with E-state index < -0.39 is 11.9 Å². The Hall–Kier alpha value is -5.18. The van der Waals surface area contributed by atoms with Gasteiger partial charge in [-0.2, -0.15) is 4.98 Å². The third kappa shape index (κ3) is 5.09. The zero-order valence-corrected chi connectivity index (χ0v) is 18.1. The maximum atomic E-state index is 12.3. The summed E-state index contributed by atoms with van der Waals surface area (Å²) < 4.78 is 16.0. The fourth-order valence-electron chi connectivity index (χ4n) is 3.11. The van der Waals surface area contributed by atoms with E-state index in [2.05, 4.69) is 20.1 Å². The molecule has 9 nitrogen and oxygen atoms in total. The molecule has 0 saturated heterocycles. The lowest BCUT2D eigenvalue weighted by Crippen LogP contribution is -2.08. The maximum Gasteiger partial charge on any atom is 0.343 e. The molecule has 3 aromatic heterocycles. The van der Waals surface area contributed by atoms with Crippen molar-refractivity contribution >= 4 is 11.9 Å². The minimum absolute atomic E-state index is 0.287. The van der Waals surface area contributed by atoms with Crippen LogP contribution in [0.3, 0.4) is 0 Å². The van der Waals surface area contributed by atoms with E-state index in [1.54, 1.807) is 97.6 Å². The summed E-state index contributed by atoms with van der Waals surface area (Å²) in [6.45, 7) is 0. The van der Waals surface area contributed by atoms with Crippen molar-refractivity contribution in [2.75, 3.05) is 0 Å². The van der Waals surface area contributed by atoms with Crippen LogP contribution in [0.5, 0.6) is 11.5 Å². The molecule has 0 N–H and O–H groups in total. The summed E-state index contributed by atoms with van der Waals surface area (Å²) in [5.74, 6) is 0.488. The minimum Gasteiger partial charge on any atom is -0.423 e. The molecule has 0 fully saturated rings. The molecule has 0 aliphatic heterocycles. The van der Waals surface area contributed by atoms with E-state index in [0.717, 1.165) is 0 Å². The van der Waals surface area contributed by atoms with Gasteiger partial charge in [0.2, 0.25) is 5.82 Å². The average molecular weight is 464 g/mol. The van der Waals surface area contributed by atoms with Gasteiger partial charge in [-0.05, 0) is 60.7 Å². The first-order chi connectivity index (χ1) is 17.2. The Labute approximate surface area is 199 Å². The first kappa shape index (κ1) is 21.7. The number of aromatic nitrogens is 4. The van der Waals surface area contributed by atoms with Crippen LogP contribution in [0.2, 0.25) is 0 Å². The van der Waals surface area contributed by atoms with Crippen molar-refractivity contribution in [1.29, 1.82) is 0 Å². The van der Waals surface area contributed by atoms with E-state index in [9.17, 15) is 9.59 Å². The van der Waals surface area contributed by atoms with Crippen molar-refractivity contribution in [2.24, 2.45) is 0 Å². The van der Waals surface area contributed by atoms with Crippen LogP contribution >= 0.6 is 0 Å². The SMILES string of the molecule is O=C(Oc1ccncc1)c1ccc(-c2noc(-c3ccc(C(=O)Oc4ccncc4)cc3)n2)cc1. The summed E-state index contributed by atoms with van der Waals surface area (Å²) in [4.78, 5) is 36.8. The van der Waals surface area contributed by atoms with Gasteiger partial charge in [0.25, 0.3) is 5.89 Å². The summed E-state index contributed by atoms with van der Waals surface area (Å²) in [6, 6.07) is 19.7. The predicted octanol–water partition coefficient (Wildman–Crippen LogP) is 4.63. The second-order valence-electron chi connectivity index (χ2n) is 7.22. The molecule has 0 bridgehead atoms. The molecular weight excluding hydrogens is 448 g/mol. The summed E-state index contributed by atoms with van der Waals surface area (Å²) in [5, 5.41) is 4.01. The molecule has 9 heteroatoms. The number of rotatable bonds is 6. The molecule has 170 valence electrons. The fourth-order valence-corrected chi connectivity index (χ4v) is 3.11. The van der Waals surface area contributed by atoms with Crippen LogP contribution in [0.25, 0.3) is 22.8 Å². The second-order valence-corrected chi connectivity index (χ2v) is 7.22. The Morgan fingerprint density at radius 1 is 0.600 bits per heavy atom. The number of nitrogens with zero attached hydrogens (tertiary/aromatic N) is 4. The van der Waals surface area contributed by atoms with Gasteiger partial charge in [0, 0.05) is 35.9 Å². The van der Waals surface area contributed by atoms with Crippen molar-refractivity contribution in [1.82, 2.24) is 20.1 Å². The zero-order valence-electron chi connectivity index (χ0n) is 18.1. The van der Waals surface area contributed by atoms with E-state index in [1.165, 1.54) is 0 Å². The highest BCUT2D eigenvalue weighted by Gasteiger charge is 2.14. The van der Waals surface area contributed by atoms with E-state index in [1.807, 2.05) is 0 Å². The normalized spacial score (nSPS) is 10.5. The number of benzene rings is 2. The number of hydrogen-bond donors (Lipinski definition) is 0. The molecule has 0 atom stereocenters. The zero-order chi connectivity index (χ0) is 24.0. The Morgan fingerprint density at radius 2 is 1.06 bits per heavy atom. The highest BCUT2D eigenvalue weighted by atomic mass is 16.5. The minimum atomic E-state index is -0.489. The van der Waals surface area contributed by atoms with Crippen molar-refractivity contribution in [3.05, 3.63) is 109 Å². The number of esters is 2. The number of carbonyl (C=O) groups excluding carboxylic acids is 2. The topological polar surface area (TPSA) is 117 Å². The van der Waals surface area contributed by atoms with Gasteiger partial charge in [0.1, 0.15) is 11.5 Å². The molecule has 0 saturated carbocycles. The molecule has 0 aliphatic carbocycles. The quantitative estimate of drug-likeness (QED) is 0.331. The van der Waals surface area contributed by atoms with E-state index in [0.29, 0.717) is 39.6 Å². The molecule has 0 amide bonds. The fraction of sp³-hybridized carbons (Fsp3) is 0. The van der Waals surface area contributed by atoms with Crippen molar-refractivity contribution < 1.29 is 23.6 Å².